The van der Waals surface area contributed by atoms with E-state index in [1.165, 1.54) is 11.1 Å². The van der Waals surface area contributed by atoms with Gasteiger partial charge in [-0.1, -0.05) is 30.3 Å². The third-order valence-electron chi connectivity index (χ3n) is 6.24. The normalized spacial score (nSPS) is 17.7. The molecule has 0 radical (unpaired) electrons. The number of fused-ring (bicyclic) bond motifs is 1. The summed E-state index contributed by atoms with van der Waals surface area (Å²) in [5.41, 5.74) is 4.65. The van der Waals surface area contributed by atoms with Crippen LogP contribution >= 0.6 is 0 Å². The molecule has 0 saturated carbocycles. The fourth-order valence-electron chi connectivity index (χ4n) is 4.57. The number of nitrogens with one attached hydrogen (secondary N) is 1. The van der Waals surface area contributed by atoms with E-state index in [4.69, 9.17) is 9.97 Å². The molecule has 6 heteroatoms. The number of rotatable bonds is 7. The smallest absolute Gasteiger partial charge is 0.223 e. The van der Waals surface area contributed by atoms with Crippen molar-refractivity contribution < 1.29 is 4.79 Å². The fraction of sp³-hybridized carbons (Fsp3) is 0.360. The lowest BCUT2D eigenvalue weighted by molar-refractivity contribution is -0.127. The van der Waals surface area contributed by atoms with Crippen LogP contribution in [0, 0.1) is 5.92 Å². The molecule has 1 amide bonds. The minimum Gasteiger partial charge on any atom is -0.369 e. The van der Waals surface area contributed by atoms with Crippen LogP contribution in [0.5, 0.6) is 0 Å². The Hall–Kier alpha value is -3.28. The number of carbonyl (C=O) groups is 1. The van der Waals surface area contributed by atoms with Crippen molar-refractivity contribution >= 4 is 11.7 Å². The maximum Gasteiger partial charge on any atom is 0.223 e. The van der Waals surface area contributed by atoms with Crippen molar-refractivity contribution in [2.45, 2.75) is 32.1 Å². The molecule has 5 rings (SSSR count). The van der Waals surface area contributed by atoms with E-state index in [1.807, 2.05) is 35.2 Å². The quantitative estimate of drug-likeness (QED) is 0.642. The van der Waals surface area contributed by atoms with Gasteiger partial charge in [-0.15, -0.1) is 0 Å². The third kappa shape index (κ3) is 4.43. The van der Waals surface area contributed by atoms with E-state index in [9.17, 15) is 4.79 Å². The zero-order valence-electron chi connectivity index (χ0n) is 17.6. The van der Waals surface area contributed by atoms with E-state index in [-0.39, 0.29) is 5.91 Å². The van der Waals surface area contributed by atoms with Gasteiger partial charge < -0.3 is 10.2 Å². The number of likely N-dealkylation sites (tertiary alicyclic amines) is 1. The zero-order valence-corrected chi connectivity index (χ0v) is 17.6. The van der Waals surface area contributed by atoms with Gasteiger partial charge in [-0.3, -0.25) is 9.78 Å². The number of aryl methyl sites for hydroxylation is 1. The van der Waals surface area contributed by atoms with Gasteiger partial charge in [-0.2, -0.15) is 0 Å². The molecule has 6 nitrogen and oxygen atoms in total. The number of anilines is 1. The Kier molecular flexibility index (Phi) is 5.61. The van der Waals surface area contributed by atoms with Crippen LogP contribution in [0.2, 0.25) is 0 Å². The topological polar surface area (TPSA) is 71.0 Å². The van der Waals surface area contributed by atoms with Gasteiger partial charge in [-0.05, 0) is 43.4 Å². The maximum atomic E-state index is 12.5. The number of amides is 1. The van der Waals surface area contributed by atoms with Gasteiger partial charge >= 0.3 is 0 Å². The highest BCUT2D eigenvalue weighted by molar-refractivity contribution is 5.78. The molecular formula is C25H27N5O. The van der Waals surface area contributed by atoms with E-state index in [0.29, 0.717) is 12.3 Å². The minimum atomic E-state index is 0.258. The summed E-state index contributed by atoms with van der Waals surface area (Å²) in [7, 11) is 0. The lowest BCUT2D eigenvalue weighted by Gasteiger charge is -2.18. The van der Waals surface area contributed by atoms with Crippen LogP contribution in [-0.4, -0.2) is 45.4 Å². The van der Waals surface area contributed by atoms with Crippen LogP contribution in [0.4, 0.5) is 5.82 Å². The Morgan fingerprint density at radius 1 is 1.03 bits per heavy atom. The molecule has 3 aromatic rings. The first-order valence-electron chi connectivity index (χ1n) is 11.1. The highest BCUT2D eigenvalue weighted by atomic mass is 16.2. The van der Waals surface area contributed by atoms with E-state index in [0.717, 1.165) is 68.2 Å². The zero-order chi connectivity index (χ0) is 21.0. The first kappa shape index (κ1) is 19.7. The molecule has 1 aliphatic heterocycles. The molecule has 0 spiro atoms. The predicted molar refractivity (Wildman–Crippen MR) is 121 cm³/mol. The highest BCUT2D eigenvalue weighted by Gasteiger charge is 2.29. The van der Waals surface area contributed by atoms with Gasteiger partial charge in [0.15, 0.2) is 5.82 Å². The summed E-state index contributed by atoms with van der Waals surface area (Å²) < 4.78 is 0. The van der Waals surface area contributed by atoms with Gasteiger partial charge in [-0.25, -0.2) is 9.97 Å². The first-order chi connectivity index (χ1) is 15.3. The number of hydrogen-bond acceptors (Lipinski definition) is 5. The maximum absolute atomic E-state index is 12.5. The van der Waals surface area contributed by atoms with Crippen molar-refractivity contribution in [1.82, 2.24) is 19.9 Å². The molecule has 1 saturated heterocycles. The standard InChI is InChI=1S/C25H27N5O/c31-23-15-19(17-30(23)14-11-18-5-2-1-3-6-18)16-27-25-21-7-4-8-22(21)28-24(29-25)20-9-12-26-13-10-20/h1-3,5-6,9-10,12-13,19H,4,7-8,11,14-17H2,(H,27,28,29). The molecule has 1 fully saturated rings. The lowest BCUT2D eigenvalue weighted by Crippen LogP contribution is -2.28. The second-order valence-electron chi connectivity index (χ2n) is 8.44. The summed E-state index contributed by atoms with van der Waals surface area (Å²) in [5.74, 6) is 2.25. The summed E-state index contributed by atoms with van der Waals surface area (Å²) >= 11 is 0. The van der Waals surface area contributed by atoms with Gasteiger partial charge in [0, 0.05) is 61.2 Å². The van der Waals surface area contributed by atoms with Gasteiger partial charge in [0.1, 0.15) is 5.82 Å². The monoisotopic (exact) mass is 413 g/mol. The van der Waals surface area contributed by atoms with Crippen molar-refractivity contribution in [3.63, 3.8) is 0 Å². The Morgan fingerprint density at radius 3 is 2.71 bits per heavy atom. The molecule has 31 heavy (non-hydrogen) atoms. The number of benzene rings is 1. The van der Waals surface area contributed by atoms with E-state index in [2.05, 4.69) is 22.4 Å². The number of carbonyl (C=O) groups excluding carboxylic acids is 1. The summed E-state index contributed by atoms with van der Waals surface area (Å²) in [5, 5.41) is 3.57. The number of nitrogens with zero attached hydrogens (tertiary/aromatic N) is 4. The van der Waals surface area contributed by atoms with E-state index >= 15 is 0 Å². The third-order valence-corrected chi connectivity index (χ3v) is 6.24. The van der Waals surface area contributed by atoms with Crippen molar-refractivity contribution in [2.75, 3.05) is 25.0 Å². The van der Waals surface area contributed by atoms with Gasteiger partial charge in [0.05, 0.1) is 0 Å². The Bertz CT molecular complexity index is 1050. The molecule has 1 N–H and O–H groups in total. The molecule has 1 unspecified atom stereocenters. The number of hydrogen-bond donors (Lipinski definition) is 1. The average Bonchev–Trinajstić information content (AvgIpc) is 3.43. The van der Waals surface area contributed by atoms with Crippen LogP contribution in [0.1, 0.15) is 29.7 Å². The second-order valence-corrected chi connectivity index (χ2v) is 8.44. The Morgan fingerprint density at radius 2 is 1.87 bits per heavy atom. The Balaban J connectivity index is 1.24. The summed E-state index contributed by atoms with van der Waals surface area (Å²) in [6.07, 6.45) is 8.18. The summed E-state index contributed by atoms with van der Waals surface area (Å²) in [6, 6.07) is 14.3. The molecule has 1 aromatic carbocycles. The van der Waals surface area contributed by atoms with Crippen LogP contribution in [0.3, 0.4) is 0 Å². The molecule has 1 atom stereocenters. The van der Waals surface area contributed by atoms with Crippen molar-refractivity contribution in [3.05, 3.63) is 71.7 Å². The van der Waals surface area contributed by atoms with Crippen LogP contribution in [-0.2, 0) is 24.1 Å². The Labute approximate surface area is 182 Å². The second kappa shape index (κ2) is 8.84. The van der Waals surface area contributed by atoms with Crippen LogP contribution < -0.4 is 5.32 Å². The number of aromatic nitrogens is 3. The highest BCUT2D eigenvalue weighted by Crippen LogP contribution is 2.29. The largest absolute Gasteiger partial charge is 0.369 e. The van der Waals surface area contributed by atoms with Gasteiger partial charge in [0.25, 0.3) is 0 Å². The molecule has 2 aromatic heterocycles. The molecule has 0 bridgehead atoms. The molecule has 3 heterocycles. The molecule has 2 aliphatic rings. The molecule has 158 valence electrons. The fourth-order valence-corrected chi connectivity index (χ4v) is 4.57. The van der Waals surface area contributed by atoms with E-state index < -0.39 is 0 Å². The summed E-state index contributed by atoms with van der Waals surface area (Å²) in [6.45, 7) is 2.35. The number of pyridine rings is 1. The van der Waals surface area contributed by atoms with Gasteiger partial charge in [0.2, 0.25) is 5.91 Å². The lowest BCUT2D eigenvalue weighted by atomic mass is 10.1. The minimum absolute atomic E-state index is 0.258. The van der Waals surface area contributed by atoms with Crippen LogP contribution in [0.15, 0.2) is 54.9 Å². The van der Waals surface area contributed by atoms with Crippen molar-refractivity contribution in [2.24, 2.45) is 5.92 Å². The average molecular weight is 414 g/mol. The van der Waals surface area contributed by atoms with Crippen molar-refractivity contribution in [1.29, 1.82) is 0 Å². The SMILES string of the molecule is O=C1CC(CNc2nc(-c3ccncc3)nc3c2CCC3)CN1CCc1ccccc1. The van der Waals surface area contributed by atoms with Crippen LogP contribution in [0.25, 0.3) is 11.4 Å². The van der Waals surface area contributed by atoms with Crippen molar-refractivity contribution in [3.8, 4) is 11.4 Å². The van der Waals surface area contributed by atoms with E-state index in [1.54, 1.807) is 12.4 Å². The molecule has 1 aliphatic carbocycles. The summed E-state index contributed by atoms with van der Waals surface area (Å²) in [4.78, 5) is 28.3. The molecular weight excluding hydrogens is 386 g/mol. The predicted octanol–water partition coefficient (Wildman–Crippen LogP) is 3.53. The first-order valence-corrected chi connectivity index (χ1v) is 11.1.